The number of amides is 2. The van der Waals surface area contributed by atoms with Gasteiger partial charge < -0.3 is 15.1 Å². The zero-order valence-electron chi connectivity index (χ0n) is 13.2. The Balaban J connectivity index is 0.00000264. The molecule has 0 spiro atoms. The highest BCUT2D eigenvalue weighted by atomic mass is 127. The van der Waals surface area contributed by atoms with Crippen molar-refractivity contribution in [1.82, 2.24) is 15.5 Å². The number of rotatable bonds is 6. The predicted octanol–water partition coefficient (Wildman–Crippen LogP) is 1.14. The minimum absolute atomic E-state index is 0. The highest BCUT2D eigenvalue weighted by Crippen LogP contribution is 2.11. The number of hydrogen-bond acceptors (Lipinski definition) is 4. The number of carbonyl (C=O) groups is 2. The maximum Gasteiger partial charge on any atom is 0.229 e. The Morgan fingerprint density at radius 3 is 2.57 bits per heavy atom. The van der Waals surface area contributed by atoms with Crippen LogP contribution in [-0.2, 0) is 16.0 Å². The maximum atomic E-state index is 11.7. The average molecular weight is 434 g/mol. The summed E-state index contributed by atoms with van der Waals surface area (Å²) in [6.45, 7) is 1.54. The van der Waals surface area contributed by atoms with E-state index in [1.54, 1.807) is 13.3 Å². The monoisotopic (exact) mass is 434 g/mol. The van der Waals surface area contributed by atoms with E-state index < -0.39 is 0 Å². The van der Waals surface area contributed by atoms with Gasteiger partial charge in [-0.15, -0.1) is 24.0 Å². The third kappa shape index (κ3) is 6.20. The number of guanidine groups is 1. The molecule has 0 unspecified atom stereocenters. The van der Waals surface area contributed by atoms with Crippen molar-refractivity contribution in [2.45, 2.75) is 25.7 Å². The second kappa shape index (κ2) is 10.2. The number of aliphatic imine (C=N–C) groups is 1. The molecular formula is C15H23IN4O3. The van der Waals surface area contributed by atoms with Crippen LogP contribution in [0.3, 0.4) is 0 Å². The van der Waals surface area contributed by atoms with Gasteiger partial charge >= 0.3 is 0 Å². The molecule has 1 aliphatic heterocycles. The molecule has 1 aromatic heterocycles. The molecule has 1 saturated heterocycles. The van der Waals surface area contributed by atoms with Crippen molar-refractivity contribution in [3.63, 3.8) is 0 Å². The second-order valence-corrected chi connectivity index (χ2v) is 5.05. The fourth-order valence-corrected chi connectivity index (χ4v) is 2.31. The Morgan fingerprint density at radius 2 is 1.96 bits per heavy atom. The number of halogens is 1. The molecule has 128 valence electrons. The van der Waals surface area contributed by atoms with E-state index in [0.717, 1.165) is 12.2 Å². The quantitative estimate of drug-likeness (QED) is 0.304. The van der Waals surface area contributed by atoms with Crippen LogP contribution in [0.1, 0.15) is 25.0 Å². The molecule has 1 aromatic rings. The Kier molecular flexibility index (Phi) is 8.67. The van der Waals surface area contributed by atoms with Crippen molar-refractivity contribution < 1.29 is 14.0 Å². The van der Waals surface area contributed by atoms with Crippen LogP contribution in [0.2, 0.25) is 0 Å². The van der Waals surface area contributed by atoms with Crippen LogP contribution in [-0.4, -0.2) is 49.4 Å². The summed E-state index contributed by atoms with van der Waals surface area (Å²) in [7, 11) is 1.68. The van der Waals surface area contributed by atoms with Crippen molar-refractivity contribution in [3.8, 4) is 0 Å². The zero-order chi connectivity index (χ0) is 15.8. The van der Waals surface area contributed by atoms with E-state index in [1.165, 1.54) is 4.90 Å². The van der Waals surface area contributed by atoms with Crippen LogP contribution < -0.4 is 10.6 Å². The Morgan fingerprint density at radius 1 is 1.26 bits per heavy atom. The van der Waals surface area contributed by atoms with Gasteiger partial charge in [-0.25, -0.2) is 0 Å². The lowest BCUT2D eigenvalue weighted by molar-refractivity contribution is -0.147. The van der Waals surface area contributed by atoms with E-state index >= 15 is 0 Å². The molecule has 0 saturated carbocycles. The SMILES string of the molecule is CN=C(NCCc1ccco1)NCCN1C(=O)CCCC1=O.I. The number of piperidine rings is 1. The molecule has 23 heavy (non-hydrogen) atoms. The molecule has 0 aliphatic carbocycles. The second-order valence-electron chi connectivity index (χ2n) is 5.05. The fourth-order valence-electron chi connectivity index (χ4n) is 2.31. The summed E-state index contributed by atoms with van der Waals surface area (Å²) in [6.07, 6.45) is 3.99. The molecule has 7 nitrogen and oxygen atoms in total. The molecule has 0 atom stereocenters. The van der Waals surface area contributed by atoms with Crippen LogP contribution in [0.25, 0.3) is 0 Å². The van der Waals surface area contributed by atoms with Crippen LogP contribution in [0.5, 0.6) is 0 Å². The first-order valence-corrected chi connectivity index (χ1v) is 7.51. The van der Waals surface area contributed by atoms with Crippen molar-refractivity contribution >= 4 is 41.8 Å². The predicted molar refractivity (Wildman–Crippen MR) is 97.8 cm³/mol. The normalized spacial score (nSPS) is 15.3. The van der Waals surface area contributed by atoms with Gasteiger partial charge in [-0.05, 0) is 18.6 Å². The summed E-state index contributed by atoms with van der Waals surface area (Å²) in [4.78, 5) is 28.8. The summed E-state index contributed by atoms with van der Waals surface area (Å²) in [6, 6.07) is 3.78. The van der Waals surface area contributed by atoms with Gasteiger partial charge in [-0.3, -0.25) is 19.5 Å². The first-order chi connectivity index (χ1) is 10.7. The Hall–Kier alpha value is -1.58. The molecule has 0 aromatic carbocycles. The van der Waals surface area contributed by atoms with Crippen molar-refractivity contribution in [3.05, 3.63) is 24.2 Å². The summed E-state index contributed by atoms with van der Waals surface area (Å²) >= 11 is 0. The van der Waals surface area contributed by atoms with Crippen molar-refractivity contribution in [2.75, 3.05) is 26.7 Å². The van der Waals surface area contributed by atoms with E-state index in [9.17, 15) is 9.59 Å². The smallest absolute Gasteiger partial charge is 0.229 e. The van der Waals surface area contributed by atoms with Gasteiger partial charge in [0, 0.05) is 45.9 Å². The summed E-state index contributed by atoms with van der Waals surface area (Å²) < 4.78 is 5.25. The first-order valence-electron chi connectivity index (χ1n) is 7.51. The fraction of sp³-hybridized carbons (Fsp3) is 0.533. The lowest BCUT2D eigenvalue weighted by Crippen LogP contribution is -2.46. The number of carbonyl (C=O) groups excluding carboxylic acids is 2. The van der Waals surface area contributed by atoms with E-state index in [2.05, 4.69) is 15.6 Å². The molecule has 2 N–H and O–H groups in total. The molecular weight excluding hydrogens is 411 g/mol. The zero-order valence-corrected chi connectivity index (χ0v) is 15.5. The maximum absolute atomic E-state index is 11.7. The van der Waals surface area contributed by atoms with E-state index in [0.29, 0.717) is 44.9 Å². The molecule has 0 radical (unpaired) electrons. The van der Waals surface area contributed by atoms with Gasteiger partial charge in [0.1, 0.15) is 5.76 Å². The minimum Gasteiger partial charge on any atom is -0.469 e. The number of likely N-dealkylation sites (tertiary alicyclic amines) is 1. The van der Waals surface area contributed by atoms with Crippen LogP contribution in [0.4, 0.5) is 0 Å². The molecule has 1 fully saturated rings. The Labute approximate surface area is 152 Å². The highest BCUT2D eigenvalue weighted by molar-refractivity contribution is 14.0. The Bertz CT molecular complexity index is 515. The number of hydrogen-bond donors (Lipinski definition) is 2. The largest absolute Gasteiger partial charge is 0.469 e. The average Bonchev–Trinajstić information content (AvgIpc) is 3.01. The molecule has 1 aliphatic rings. The number of furan rings is 1. The number of nitrogens with zero attached hydrogens (tertiary/aromatic N) is 2. The van der Waals surface area contributed by atoms with Gasteiger partial charge in [-0.2, -0.15) is 0 Å². The minimum atomic E-state index is -0.0844. The van der Waals surface area contributed by atoms with Crippen molar-refractivity contribution in [1.29, 1.82) is 0 Å². The standard InChI is InChI=1S/C15H22N4O3.HI/c1-16-15(17-8-7-12-4-3-11-22-12)18-9-10-19-13(20)5-2-6-14(19)21;/h3-4,11H,2,5-10H2,1H3,(H2,16,17,18);1H. The van der Waals surface area contributed by atoms with Crippen LogP contribution in [0, 0.1) is 0 Å². The van der Waals surface area contributed by atoms with E-state index in [1.807, 2.05) is 12.1 Å². The first kappa shape index (κ1) is 19.5. The van der Waals surface area contributed by atoms with Gasteiger partial charge in [0.15, 0.2) is 5.96 Å². The van der Waals surface area contributed by atoms with Crippen LogP contribution >= 0.6 is 24.0 Å². The summed E-state index contributed by atoms with van der Waals surface area (Å²) in [5, 5.41) is 6.26. The third-order valence-corrected chi connectivity index (χ3v) is 3.48. The van der Waals surface area contributed by atoms with Gasteiger partial charge in [0.25, 0.3) is 0 Å². The van der Waals surface area contributed by atoms with Crippen molar-refractivity contribution in [2.24, 2.45) is 4.99 Å². The lowest BCUT2D eigenvalue weighted by atomic mass is 10.1. The highest BCUT2D eigenvalue weighted by Gasteiger charge is 2.25. The third-order valence-electron chi connectivity index (χ3n) is 3.48. The molecule has 2 amide bonds. The molecule has 8 heteroatoms. The molecule has 2 rings (SSSR count). The number of imide groups is 1. The van der Waals surface area contributed by atoms with Gasteiger partial charge in [-0.1, -0.05) is 0 Å². The number of nitrogens with one attached hydrogen (secondary N) is 2. The topological polar surface area (TPSA) is 86.9 Å². The van der Waals surface area contributed by atoms with E-state index in [4.69, 9.17) is 4.42 Å². The molecule has 2 heterocycles. The van der Waals surface area contributed by atoms with Crippen LogP contribution in [0.15, 0.2) is 27.8 Å². The van der Waals surface area contributed by atoms with Gasteiger partial charge in [0.2, 0.25) is 11.8 Å². The molecule has 0 bridgehead atoms. The van der Waals surface area contributed by atoms with E-state index in [-0.39, 0.29) is 35.8 Å². The summed E-state index contributed by atoms with van der Waals surface area (Å²) in [5.41, 5.74) is 0. The summed E-state index contributed by atoms with van der Waals surface area (Å²) in [5.74, 6) is 1.38. The lowest BCUT2D eigenvalue weighted by Gasteiger charge is -2.25. The van der Waals surface area contributed by atoms with Gasteiger partial charge in [0.05, 0.1) is 6.26 Å².